The topological polar surface area (TPSA) is 110 Å². The van der Waals surface area contributed by atoms with Crippen LogP contribution >= 0.6 is 0 Å². The molecule has 56 heavy (non-hydrogen) atoms. The van der Waals surface area contributed by atoms with E-state index < -0.39 is 12.2 Å². The number of ether oxygens (including phenoxy) is 4. The predicted octanol–water partition coefficient (Wildman–Crippen LogP) is 8.47. The highest BCUT2D eigenvalue weighted by molar-refractivity contribution is 5.79. The van der Waals surface area contributed by atoms with Crippen LogP contribution in [0.1, 0.15) is 64.4 Å². The fraction of sp³-hybridized carbons (Fsp3) is 0.435. The van der Waals surface area contributed by atoms with Crippen molar-refractivity contribution in [3.63, 3.8) is 0 Å². The number of nitrogens with one attached hydrogen (secondary N) is 3. The van der Waals surface area contributed by atoms with Crippen LogP contribution in [0.2, 0.25) is 0 Å². The summed E-state index contributed by atoms with van der Waals surface area (Å²) in [6.45, 7) is 10.5. The van der Waals surface area contributed by atoms with Crippen molar-refractivity contribution in [1.82, 2.24) is 20.9 Å². The lowest BCUT2D eigenvalue weighted by Crippen LogP contribution is -2.40. The van der Waals surface area contributed by atoms with E-state index in [1.807, 2.05) is 92.8 Å². The van der Waals surface area contributed by atoms with E-state index in [4.69, 9.17) is 18.9 Å². The van der Waals surface area contributed by atoms with Crippen molar-refractivity contribution in [3.8, 4) is 0 Å². The standard InChI is InChI=1S/C46H62N4O6/c1-3-5-10-22-40(38-18-11-6-7-12-19-38)37-48-45(51)56-42-26-30-50(31-27-42)32-34-54-36-35-53-33-29-47-28-17-23-41(4-2)55-46(52)49-44-25-16-9-15-24-43(44)39-20-13-8-14-21-39/h3,5-11,13-16,18-22,25,37,41-42,47H,4,12,17,23-24,26-36H2,1-2H3,(H,48,51)(H,49,52)/b5-3-,22-10-,40-37-. The second-order valence-electron chi connectivity index (χ2n) is 13.7. The van der Waals surface area contributed by atoms with Crippen molar-refractivity contribution in [2.24, 2.45) is 0 Å². The first-order chi connectivity index (χ1) is 27.6. The van der Waals surface area contributed by atoms with Gasteiger partial charge in [-0.15, -0.1) is 0 Å². The molecule has 1 atom stereocenters. The van der Waals surface area contributed by atoms with Crippen molar-refractivity contribution >= 4 is 17.8 Å². The van der Waals surface area contributed by atoms with E-state index in [0.29, 0.717) is 26.4 Å². The molecule has 1 aliphatic heterocycles. The van der Waals surface area contributed by atoms with E-state index in [0.717, 1.165) is 106 Å². The maximum absolute atomic E-state index is 12.8. The Hall–Kier alpha value is -4.74. The summed E-state index contributed by atoms with van der Waals surface area (Å²) < 4.78 is 23.0. The molecule has 302 valence electrons. The van der Waals surface area contributed by atoms with Crippen LogP contribution < -0.4 is 16.0 Å². The van der Waals surface area contributed by atoms with Crippen molar-refractivity contribution in [3.05, 3.63) is 138 Å². The lowest BCUT2D eigenvalue weighted by molar-refractivity contribution is 0.0224. The lowest BCUT2D eigenvalue weighted by Gasteiger charge is -2.31. The minimum atomic E-state index is -0.427. The smallest absolute Gasteiger partial charge is 0.411 e. The Labute approximate surface area is 334 Å². The summed E-state index contributed by atoms with van der Waals surface area (Å²) in [6.07, 6.45) is 32.3. The highest BCUT2D eigenvalue weighted by atomic mass is 16.6. The van der Waals surface area contributed by atoms with Gasteiger partial charge in [0.25, 0.3) is 0 Å². The Bertz CT molecular complexity index is 1610. The molecular weight excluding hydrogens is 705 g/mol. The fourth-order valence-corrected chi connectivity index (χ4v) is 6.40. The number of carbonyl (C=O) groups excluding carboxylic acids is 2. The Morgan fingerprint density at radius 3 is 2.50 bits per heavy atom. The minimum Gasteiger partial charge on any atom is -0.446 e. The van der Waals surface area contributed by atoms with E-state index in [1.54, 1.807) is 6.20 Å². The molecule has 2 amide bonds. The molecule has 4 rings (SSSR count). The monoisotopic (exact) mass is 766 g/mol. The number of piperidine rings is 1. The van der Waals surface area contributed by atoms with Crippen LogP contribution in [0.4, 0.5) is 9.59 Å². The number of nitrogens with zero attached hydrogens (tertiary/aromatic N) is 1. The van der Waals surface area contributed by atoms with Crippen molar-refractivity contribution in [2.45, 2.75) is 71.0 Å². The van der Waals surface area contributed by atoms with Gasteiger partial charge in [-0.25, -0.2) is 9.59 Å². The number of hydrogen-bond donors (Lipinski definition) is 3. The Morgan fingerprint density at radius 2 is 1.70 bits per heavy atom. The molecule has 1 aromatic carbocycles. The summed E-state index contributed by atoms with van der Waals surface area (Å²) in [5.74, 6) is 0. The SMILES string of the molecule is C\C=C/C=C\C(=C\NC(=O)OC1CCN(CCOCCOCCNCCCC(CC)OC(=O)NC2=C(c3ccccc3)CC=CC=C2)CC1)C1=CCC=CC=C1. The first-order valence-electron chi connectivity index (χ1n) is 20.2. The molecule has 0 radical (unpaired) electrons. The summed E-state index contributed by atoms with van der Waals surface area (Å²) in [5.41, 5.74) is 4.88. The normalized spacial score (nSPS) is 17.2. The highest BCUT2D eigenvalue weighted by Gasteiger charge is 2.22. The summed E-state index contributed by atoms with van der Waals surface area (Å²) in [4.78, 5) is 27.7. The predicted molar refractivity (Wildman–Crippen MR) is 226 cm³/mol. The van der Waals surface area contributed by atoms with E-state index in [-0.39, 0.29) is 12.2 Å². The van der Waals surface area contributed by atoms with Crippen LogP contribution in [0, 0.1) is 0 Å². The molecule has 0 saturated carbocycles. The van der Waals surface area contributed by atoms with Crippen LogP contribution in [0.15, 0.2) is 132 Å². The molecular formula is C46H62N4O6. The molecule has 1 unspecified atom stereocenters. The van der Waals surface area contributed by atoms with Crippen molar-refractivity contribution in [2.75, 3.05) is 59.2 Å². The Balaban J connectivity index is 0.985. The Kier molecular flexibility index (Phi) is 21.2. The molecule has 1 aromatic rings. The molecule has 10 nitrogen and oxygen atoms in total. The molecule has 0 bridgehead atoms. The van der Waals surface area contributed by atoms with Crippen LogP contribution in [-0.2, 0) is 18.9 Å². The van der Waals surface area contributed by atoms with Gasteiger partial charge in [0.05, 0.1) is 26.4 Å². The number of allylic oxidation sites excluding steroid dienone is 16. The fourth-order valence-electron chi connectivity index (χ4n) is 6.40. The van der Waals surface area contributed by atoms with Gasteiger partial charge >= 0.3 is 12.2 Å². The van der Waals surface area contributed by atoms with Gasteiger partial charge < -0.3 is 29.2 Å². The molecule has 1 fully saturated rings. The number of rotatable bonds is 22. The zero-order chi connectivity index (χ0) is 39.5. The third kappa shape index (κ3) is 17.4. The second-order valence-corrected chi connectivity index (χ2v) is 13.7. The largest absolute Gasteiger partial charge is 0.446 e. The number of alkyl carbamates (subject to hydrolysis) is 2. The summed E-state index contributed by atoms with van der Waals surface area (Å²) in [6, 6.07) is 10.1. The average molecular weight is 767 g/mol. The number of hydrogen-bond acceptors (Lipinski definition) is 8. The van der Waals surface area contributed by atoms with Gasteiger partial charge in [0.2, 0.25) is 0 Å². The average Bonchev–Trinajstić information content (AvgIpc) is 3.64. The second kappa shape index (κ2) is 27.0. The molecule has 10 heteroatoms. The molecule has 3 N–H and O–H groups in total. The van der Waals surface area contributed by atoms with Gasteiger partial charge in [0.1, 0.15) is 12.2 Å². The van der Waals surface area contributed by atoms with E-state index in [1.165, 1.54) is 0 Å². The first-order valence-corrected chi connectivity index (χ1v) is 20.2. The van der Waals surface area contributed by atoms with Gasteiger partial charge in [-0.05, 0) is 86.8 Å². The van der Waals surface area contributed by atoms with Crippen LogP contribution in [0.3, 0.4) is 0 Å². The third-order valence-corrected chi connectivity index (χ3v) is 9.54. The van der Waals surface area contributed by atoms with Gasteiger partial charge in [-0.1, -0.05) is 110 Å². The zero-order valence-electron chi connectivity index (χ0n) is 33.3. The van der Waals surface area contributed by atoms with E-state index >= 15 is 0 Å². The van der Waals surface area contributed by atoms with E-state index in [9.17, 15) is 9.59 Å². The highest BCUT2D eigenvalue weighted by Crippen LogP contribution is 2.25. The van der Waals surface area contributed by atoms with Crippen LogP contribution in [0.5, 0.6) is 0 Å². The summed E-state index contributed by atoms with van der Waals surface area (Å²) >= 11 is 0. The maximum Gasteiger partial charge on any atom is 0.411 e. The number of likely N-dealkylation sites (tertiary alicyclic amines) is 1. The Morgan fingerprint density at radius 1 is 0.911 bits per heavy atom. The summed E-state index contributed by atoms with van der Waals surface area (Å²) in [5, 5.41) is 9.22. The number of benzene rings is 1. The molecule has 0 aromatic heterocycles. The zero-order valence-corrected chi connectivity index (χ0v) is 33.3. The number of amides is 2. The molecule has 0 spiro atoms. The van der Waals surface area contributed by atoms with E-state index in [2.05, 4.69) is 51.2 Å². The maximum atomic E-state index is 12.8. The van der Waals surface area contributed by atoms with Gasteiger partial charge in [-0.2, -0.15) is 0 Å². The summed E-state index contributed by atoms with van der Waals surface area (Å²) in [7, 11) is 0. The molecule has 2 aliphatic carbocycles. The third-order valence-electron chi connectivity index (χ3n) is 9.54. The quantitative estimate of drug-likeness (QED) is 0.0797. The van der Waals surface area contributed by atoms with Crippen LogP contribution in [-0.4, -0.2) is 88.4 Å². The van der Waals surface area contributed by atoms with Crippen molar-refractivity contribution in [1.29, 1.82) is 0 Å². The van der Waals surface area contributed by atoms with Crippen molar-refractivity contribution < 1.29 is 28.5 Å². The van der Waals surface area contributed by atoms with Crippen LogP contribution in [0.25, 0.3) is 5.57 Å². The minimum absolute atomic E-state index is 0.0995. The molecule has 1 heterocycles. The number of carbonyl (C=O) groups is 2. The molecule has 3 aliphatic rings. The van der Waals surface area contributed by atoms with Gasteiger partial charge in [-0.3, -0.25) is 10.6 Å². The first kappa shape index (κ1) is 44.0. The van der Waals surface area contributed by atoms with Gasteiger partial charge in [0.15, 0.2) is 0 Å². The lowest BCUT2D eigenvalue weighted by atomic mass is 10.0. The van der Waals surface area contributed by atoms with Gasteiger partial charge in [0, 0.05) is 38.1 Å². The molecule has 1 saturated heterocycles.